The fraction of sp³-hybridized carbons (Fsp3) is 0. The molecule has 1 N–H and O–H groups in total. The third-order valence-corrected chi connectivity index (χ3v) is 9.59. The lowest BCUT2D eigenvalue weighted by molar-refractivity contribution is 1.29. The third kappa shape index (κ3) is 4.92. The van der Waals surface area contributed by atoms with Crippen molar-refractivity contribution in [3.8, 4) is 44.5 Å². The van der Waals surface area contributed by atoms with Crippen LogP contribution in [0.4, 0.5) is 0 Å². The summed E-state index contributed by atoms with van der Waals surface area (Å²) in [6.45, 7) is 0. The predicted molar refractivity (Wildman–Crippen MR) is 195 cm³/mol. The topological polar surface area (TPSA) is 93.1 Å². The number of fused-ring (bicyclic) bond motifs is 8. The molecular formula is C40H25N7S. The van der Waals surface area contributed by atoms with E-state index in [2.05, 4.69) is 85.6 Å². The normalized spacial score (nSPS) is 12.0. The molecule has 8 bridgehead atoms. The summed E-state index contributed by atoms with van der Waals surface area (Å²) in [5.41, 5.74) is 13.4. The van der Waals surface area contributed by atoms with Crippen LogP contribution in [0.3, 0.4) is 0 Å². The number of aromatic amines is 1. The number of aromatic nitrogens is 7. The van der Waals surface area contributed by atoms with E-state index in [-0.39, 0.29) is 0 Å². The van der Waals surface area contributed by atoms with Gasteiger partial charge in [0.25, 0.3) is 0 Å². The molecule has 7 aromatic rings. The Hall–Kier alpha value is -6.38. The number of nitrogens with one attached hydrogen (secondary N) is 1. The standard InChI is InChI=1S/C40H25N7S/c1-3-27(23-43-17-1)38-31-6-5-29(45-31)37(25-13-19-41-20-14-25)30-7-9-33(46-30)39(26-15-21-42-22-16-26)35-11-12-36(48-35)40(28-4-2-18-44-24-28)34-10-8-32(38)47-34/h1-24,45H. The van der Waals surface area contributed by atoms with Gasteiger partial charge in [0.05, 0.1) is 22.8 Å². The second-order valence-electron chi connectivity index (χ2n) is 11.3. The van der Waals surface area contributed by atoms with Crippen LogP contribution in [0.2, 0.25) is 0 Å². The summed E-state index contributed by atoms with van der Waals surface area (Å²) in [5.74, 6) is 0. The first kappa shape index (κ1) is 27.9. The van der Waals surface area contributed by atoms with Crippen LogP contribution in [-0.4, -0.2) is 34.9 Å². The van der Waals surface area contributed by atoms with Crippen LogP contribution < -0.4 is 0 Å². The van der Waals surface area contributed by atoms with Gasteiger partial charge in [0, 0.05) is 103 Å². The first-order chi connectivity index (χ1) is 23.8. The van der Waals surface area contributed by atoms with Gasteiger partial charge in [-0.25, -0.2) is 9.97 Å². The number of pyridine rings is 4. The summed E-state index contributed by atoms with van der Waals surface area (Å²) in [7, 11) is 0. The van der Waals surface area contributed by atoms with Gasteiger partial charge >= 0.3 is 0 Å². The Labute approximate surface area is 279 Å². The molecule has 9 heterocycles. The molecule has 0 aromatic carbocycles. The highest BCUT2D eigenvalue weighted by atomic mass is 32.1. The van der Waals surface area contributed by atoms with Crippen LogP contribution in [0.5, 0.6) is 0 Å². The van der Waals surface area contributed by atoms with Crippen LogP contribution in [-0.2, 0) is 0 Å². The van der Waals surface area contributed by atoms with Gasteiger partial charge in [-0.15, -0.1) is 11.3 Å². The SMILES string of the molecule is C1=Cc2nc1c(-c1ccncc1)c1ccc([nH]1)c(-c1cccnc1)c1nc(c(-c3cccnc3)c3ccc(s3)c2-c2ccncc2)C=C1. The van der Waals surface area contributed by atoms with Crippen molar-refractivity contribution in [2.75, 3.05) is 0 Å². The van der Waals surface area contributed by atoms with Crippen molar-refractivity contribution in [3.05, 3.63) is 145 Å². The lowest BCUT2D eigenvalue weighted by Crippen LogP contribution is -1.89. The van der Waals surface area contributed by atoms with Gasteiger partial charge in [-0.2, -0.15) is 0 Å². The third-order valence-electron chi connectivity index (χ3n) is 8.47. The Morgan fingerprint density at radius 1 is 0.396 bits per heavy atom. The molecule has 0 saturated heterocycles. The monoisotopic (exact) mass is 635 g/mol. The van der Waals surface area contributed by atoms with E-state index in [1.54, 1.807) is 23.7 Å². The average Bonchev–Trinajstić information content (AvgIpc) is 3.98. The quantitative estimate of drug-likeness (QED) is 0.207. The van der Waals surface area contributed by atoms with Crippen molar-refractivity contribution in [2.24, 2.45) is 0 Å². The molecule has 9 rings (SSSR count). The number of thiophene rings is 1. The maximum Gasteiger partial charge on any atom is 0.0737 e. The molecule has 0 saturated carbocycles. The minimum atomic E-state index is 0.847. The van der Waals surface area contributed by atoms with Crippen molar-refractivity contribution < 1.29 is 0 Å². The van der Waals surface area contributed by atoms with Gasteiger partial charge < -0.3 is 4.98 Å². The summed E-state index contributed by atoms with van der Waals surface area (Å²) >= 11 is 1.72. The van der Waals surface area contributed by atoms with Gasteiger partial charge in [0.2, 0.25) is 0 Å². The first-order valence-corrected chi connectivity index (χ1v) is 16.3. The smallest absolute Gasteiger partial charge is 0.0737 e. The van der Waals surface area contributed by atoms with E-state index >= 15 is 0 Å². The molecule has 0 fully saturated rings. The van der Waals surface area contributed by atoms with E-state index in [1.165, 1.54) is 0 Å². The van der Waals surface area contributed by atoms with E-state index in [0.717, 1.165) is 87.7 Å². The van der Waals surface area contributed by atoms with Gasteiger partial charge in [-0.3, -0.25) is 19.9 Å². The summed E-state index contributed by atoms with van der Waals surface area (Å²) in [6, 6.07) is 24.8. The van der Waals surface area contributed by atoms with Crippen molar-refractivity contribution in [1.29, 1.82) is 0 Å². The fourth-order valence-electron chi connectivity index (χ4n) is 6.35. The Bertz CT molecular complexity index is 2190. The maximum absolute atomic E-state index is 5.31. The lowest BCUT2D eigenvalue weighted by Gasteiger charge is -2.06. The lowest BCUT2D eigenvalue weighted by atomic mass is 10.1. The van der Waals surface area contributed by atoms with E-state index in [4.69, 9.17) is 9.97 Å². The van der Waals surface area contributed by atoms with Gasteiger partial charge in [-0.1, -0.05) is 12.1 Å². The maximum atomic E-state index is 5.31. The molecule has 7 nitrogen and oxygen atoms in total. The largest absolute Gasteiger partial charge is 0.354 e. The van der Waals surface area contributed by atoms with Crippen LogP contribution in [0.25, 0.3) is 89.2 Å². The second kappa shape index (κ2) is 11.8. The van der Waals surface area contributed by atoms with E-state index in [9.17, 15) is 0 Å². The molecule has 0 radical (unpaired) electrons. The number of H-pyrrole nitrogens is 1. The van der Waals surface area contributed by atoms with E-state index < -0.39 is 0 Å². The Morgan fingerprint density at radius 3 is 1.33 bits per heavy atom. The van der Waals surface area contributed by atoms with E-state index in [1.807, 2.05) is 73.6 Å². The molecule has 0 amide bonds. The molecule has 0 unspecified atom stereocenters. The van der Waals surface area contributed by atoms with Crippen LogP contribution in [0.15, 0.2) is 122 Å². The van der Waals surface area contributed by atoms with Crippen molar-refractivity contribution in [1.82, 2.24) is 34.9 Å². The first-order valence-electron chi connectivity index (χ1n) is 15.5. The van der Waals surface area contributed by atoms with E-state index in [0.29, 0.717) is 0 Å². The highest BCUT2D eigenvalue weighted by molar-refractivity contribution is 7.24. The van der Waals surface area contributed by atoms with Gasteiger partial charge in [-0.05, 0) is 96.1 Å². The van der Waals surface area contributed by atoms with Gasteiger partial charge in [0.15, 0.2) is 0 Å². The number of hydrogen-bond acceptors (Lipinski definition) is 7. The number of hydrogen-bond donors (Lipinski definition) is 1. The fourth-order valence-corrected chi connectivity index (χ4v) is 7.51. The average molecular weight is 636 g/mol. The highest BCUT2D eigenvalue weighted by Crippen LogP contribution is 2.40. The minimum Gasteiger partial charge on any atom is -0.354 e. The molecule has 48 heavy (non-hydrogen) atoms. The molecular weight excluding hydrogens is 611 g/mol. The molecule has 2 aliphatic heterocycles. The van der Waals surface area contributed by atoms with Gasteiger partial charge in [0.1, 0.15) is 0 Å². The van der Waals surface area contributed by atoms with Crippen molar-refractivity contribution in [3.63, 3.8) is 0 Å². The van der Waals surface area contributed by atoms with Crippen molar-refractivity contribution >= 4 is 56.1 Å². The molecule has 7 aromatic heterocycles. The Balaban J connectivity index is 1.49. The Morgan fingerprint density at radius 2 is 0.833 bits per heavy atom. The molecule has 2 aliphatic rings. The summed E-state index contributed by atoms with van der Waals surface area (Å²) in [4.78, 5) is 31.9. The zero-order valence-electron chi connectivity index (χ0n) is 25.4. The Kier molecular flexibility index (Phi) is 6.84. The summed E-state index contributed by atoms with van der Waals surface area (Å²) in [5, 5.41) is 0. The van der Waals surface area contributed by atoms with Crippen LogP contribution in [0.1, 0.15) is 22.8 Å². The molecule has 8 heteroatoms. The molecule has 226 valence electrons. The molecule has 0 aliphatic carbocycles. The second-order valence-corrected chi connectivity index (χ2v) is 12.4. The summed E-state index contributed by atoms with van der Waals surface area (Å²) in [6.07, 6.45) is 23.1. The molecule has 0 atom stereocenters. The zero-order valence-corrected chi connectivity index (χ0v) is 26.3. The molecule has 0 spiro atoms. The minimum absolute atomic E-state index is 0.847. The zero-order chi connectivity index (χ0) is 31.9. The number of nitrogens with zero attached hydrogens (tertiary/aromatic N) is 6. The van der Waals surface area contributed by atoms with Crippen LogP contribution in [0, 0.1) is 0 Å². The number of rotatable bonds is 4. The predicted octanol–water partition coefficient (Wildman–Crippen LogP) is 9.64. The highest BCUT2D eigenvalue weighted by Gasteiger charge is 2.19. The van der Waals surface area contributed by atoms with Crippen molar-refractivity contribution in [2.45, 2.75) is 0 Å². The summed E-state index contributed by atoms with van der Waals surface area (Å²) < 4.78 is 2.18. The van der Waals surface area contributed by atoms with Crippen LogP contribution >= 0.6 is 11.3 Å².